The highest BCUT2D eigenvalue weighted by molar-refractivity contribution is 5.72. The molecule has 1 amide bonds. The van der Waals surface area contributed by atoms with Crippen molar-refractivity contribution < 1.29 is 9.28 Å². The summed E-state index contributed by atoms with van der Waals surface area (Å²) in [5, 5.41) is 6.52. The first-order chi connectivity index (χ1) is 15.1. The number of rotatable bonds is 20. The standard InChI is InChI=1S/C27H51N3O/c1-4-6-7-8-9-10-11-12-13-14-15-16-17-18-19-20-21-27-29-23-25-30(27,5-2)24-22-28-26(3)31/h7-8,23,25,27,29H,4-6,9-22,24H2,1-3H3/p+1/b8-7+. The number of carbonyl (C=O) groups excluding carboxylic acids is 1. The van der Waals surface area contributed by atoms with Crippen LogP contribution >= 0.6 is 0 Å². The summed E-state index contributed by atoms with van der Waals surface area (Å²) in [5.41, 5.74) is 0. The van der Waals surface area contributed by atoms with Crippen LogP contribution in [0.1, 0.15) is 117 Å². The van der Waals surface area contributed by atoms with Crippen LogP contribution in [0.15, 0.2) is 24.6 Å². The minimum absolute atomic E-state index is 0.0668. The van der Waals surface area contributed by atoms with Gasteiger partial charge in [-0.1, -0.05) is 83.3 Å². The Morgan fingerprint density at radius 3 is 2.06 bits per heavy atom. The summed E-state index contributed by atoms with van der Waals surface area (Å²) >= 11 is 0. The van der Waals surface area contributed by atoms with Crippen LogP contribution in [-0.2, 0) is 4.79 Å². The van der Waals surface area contributed by atoms with Gasteiger partial charge in [-0.25, -0.2) is 0 Å². The second-order valence-corrected chi connectivity index (χ2v) is 9.35. The highest BCUT2D eigenvalue weighted by Gasteiger charge is 2.36. The lowest BCUT2D eigenvalue weighted by Gasteiger charge is -2.37. The van der Waals surface area contributed by atoms with Crippen LogP contribution in [0, 0.1) is 0 Å². The summed E-state index contributed by atoms with van der Waals surface area (Å²) in [6.07, 6.45) is 29.9. The molecule has 4 heteroatoms. The molecule has 1 heterocycles. The number of amides is 1. The van der Waals surface area contributed by atoms with E-state index < -0.39 is 0 Å². The molecule has 4 nitrogen and oxygen atoms in total. The zero-order chi connectivity index (χ0) is 22.6. The number of quaternary nitrogens is 1. The molecule has 0 fully saturated rings. The molecule has 0 spiro atoms. The Kier molecular flexibility index (Phi) is 16.4. The number of carbonyl (C=O) groups is 1. The van der Waals surface area contributed by atoms with Crippen LogP contribution in [0.3, 0.4) is 0 Å². The van der Waals surface area contributed by atoms with Crippen molar-refractivity contribution in [3.05, 3.63) is 24.6 Å². The Hall–Kier alpha value is -1.29. The van der Waals surface area contributed by atoms with Crippen LogP contribution in [0.25, 0.3) is 0 Å². The van der Waals surface area contributed by atoms with E-state index in [4.69, 9.17) is 0 Å². The van der Waals surface area contributed by atoms with E-state index in [2.05, 4.69) is 49.0 Å². The topological polar surface area (TPSA) is 41.1 Å². The molecule has 1 aliphatic rings. The van der Waals surface area contributed by atoms with E-state index in [9.17, 15) is 4.79 Å². The van der Waals surface area contributed by atoms with Gasteiger partial charge in [-0.2, -0.15) is 0 Å². The molecule has 2 atom stereocenters. The summed E-state index contributed by atoms with van der Waals surface area (Å²) in [6.45, 7) is 8.89. The molecule has 0 bridgehead atoms. The lowest BCUT2D eigenvalue weighted by atomic mass is 10.0. The molecular formula is C27H52N3O+. The maximum Gasteiger partial charge on any atom is 0.217 e. The van der Waals surface area contributed by atoms with Crippen molar-refractivity contribution in [3.63, 3.8) is 0 Å². The predicted molar refractivity (Wildman–Crippen MR) is 134 cm³/mol. The van der Waals surface area contributed by atoms with E-state index in [1.807, 2.05) is 0 Å². The van der Waals surface area contributed by atoms with Crippen LogP contribution in [0.4, 0.5) is 0 Å². The summed E-state index contributed by atoms with van der Waals surface area (Å²) < 4.78 is 0.954. The molecule has 2 unspecified atom stereocenters. The molecule has 1 aliphatic heterocycles. The van der Waals surface area contributed by atoms with Crippen molar-refractivity contribution in [2.24, 2.45) is 0 Å². The average molecular weight is 435 g/mol. The van der Waals surface area contributed by atoms with E-state index in [1.165, 1.54) is 96.3 Å². The fourth-order valence-electron chi connectivity index (χ4n) is 4.64. The smallest absolute Gasteiger partial charge is 0.217 e. The second kappa shape index (κ2) is 18.3. The largest absolute Gasteiger partial charge is 0.351 e. The Morgan fingerprint density at radius 1 is 0.903 bits per heavy atom. The molecule has 0 aromatic carbocycles. The molecule has 31 heavy (non-hydrogen) atoms. The molecular weight excluding hydrogens is 382 g/mol. The summed E-state index contributed by atoms with van der Waals surface area (Å²) in [7, 11) is 0. The van der Waals surface area contributed by atoms with Crippen molar-refractivity contribution in [2.45, 2.75) is 123 Å². The van der Waals surface area contributed by atoms with Crippen LogP contribution in [0.5, 0.6) is 0 Å². The van der Waals surface area contributed by atoms with Gasteiger partial charge in [0.25, 0.3) is 0 Å². The minimum Gasteiger partial charge on any atom is -0.351 e. The quantitative estimate of drug-likeness (QED) is 0.126. The van der Waals surface area contributed by atoms with Gasteiger partial charge in [0.05, 0.1) is 19.3 Å². The highest BCUT2D eigenvalue weighted by atomic mass is 16.1. The normalized spacial score (nSPS) is 20.4. The van der Waals surface area contributed by atoms with Crippen molar-refractivity contribution >= 4 is 5.91 Å². The number of allylic oxidation sites excluding steroid dienone is 2. The van der Waals surface area contributed by atoms with Gasteiger partial charge in [0.2, 0.25) is 5.91 Å². The number of likely N-dealkylation sites (N-methyl/N-ethyl adjacent to an activating group) is 1. The van der Waals surface area contributed by atoms with E-state index >= 15 is 0 Å². The lowest BCUT2D eigenvalue weighted by molar-refractivity contribution is -0.898. The van der Waals surface area contributed by atoms with E-state index in [0.717, 1.165) is 24.1 Å². The fourth-order valence-corrected chi connectivity index (χ4v) is 4.64. The highest BCUT2D eigenvalue weighted by Crippen LogP contribution is 2.23. The Morgan fingerprint density at radius 2 is 1.48 bits per heavy atom. The van der Waals surface area contributed by atoms with Gasteiger partial charge in [-0.3, -0.25) is 9.28 Å². The van der Waals surface area contributed by atoms with Gasteiger partial charge in [-0.05, 0) is 32.6 Å². The monoisotopic (exact) mass is 434 g/mol. The third-order valence-corrected chi connectivity index (χ3v) is 6.74. The maximum atomic E-state index is 11.2. The Bertz CT molecular complexity index is 503. The minimum atomic E-state index is 0.0668. The van der Waals surface area contributed by atoms with Gasteiger partial charge in [0.1, 0.15) is 12.7 Å². The van der Waals surface area contributed by atoms with Crippen molar-refractivity contribution in [3.8, 4) is 0 Å². The van der Waals surface area contributed by atoms with Crippen LogP contribution in [0.2, 0.25) is 0 Å². The molecule has 1 rings (SSSR count). The number of nitrogens with one attached hydrogen (secondary N) is 2. The fraction of sp³-hybridized carbons (Fsp3) is 0.815. The summed E-state index contributed by atoms with van der Waals surface area (Å²) in [6, 6.07) is 0. The zero-order valence-corrected chi connectivity index (χ0v) is 21.0. The Balaban J connectivity index is 1.96. The van der Waals surface area contributed by atoms with E-state index in [-0.39, 0.29) is 5.91 Å². The van der Waals surface area contributed by atoms with Crippen LogP contribution < -0.4 is 10.6 Å². The lowest BCUT2D eigenvalue weighted by Crippen LogP contribution is -2.55. The van der Waals surface area contributed by atoms with Crippen molar-refractivity contribution in [2.75, 3.05) is 19.6 Å². The SMILES string of the molecule is CCC/C=C/CCCCCCCCCCCCCC1NC=C[N+]1(CC)CCNC(C)=O. The van der Waals surface area contributed by atoms with Crippen molar-refractivity contribution in [1.29, 1.82) is 0 Å². The molecule has 2 N–H and O–H groups in total. The number of hydrogen-bond acceptors (Lipinski definition) is 2. The predicted octanol–water partition coefficient (Wildman–Crippen LogP) is 6.79. The van der Waals surface area contributed by atoms with E-state index in [0.29, 0.717) is 6.17 Å². The van der Waals surface area contributed by atoms with Gasteiger partial charge >= 0.3 is 0 Å². The van der Waals surface area contributed by atoms with Gasteiger partial charge in [0, 0.05) is 13.3 Å². The molecule has 0 saturated carbocycles. The molecule has 0 radical (unpaired) electrons. The third kappa shape index (κ3) is 13.0. The van der Waals surface area contributed by atoms with Gasteiger partial charge in [0.15, 0.2) is 6.17 Å². The van der Waals surface area contributed by atoms with Crippen LogP contribution in [-0.4, -0.2) is 36.2 Å². The molecule has 0 aromatic rings. The summed E-state index contributed by atoms with van der Waals surface area (Å²) in [5.74, 6) is 0.0668. The maximum absolute atomic E-state index is 11.2. The first kappa shape index (κ1) is 27.7. The molecule has 0 aliphatic carbocycles. The number of nitrogens with zero attached hydrogens (tertiary/aromatic N) is 1. The average Bonchev–Trinajstić information content (AvgIpc) is 3.16. The van der Waals surface area contributed by atoms with E-state index in [1.54, 1.807) is 6.92 Å². The first-order valence-electron chi connectivity index (χ1n) is 13.3. The van der Waals surface area contributed by atoms with Gasteiger partial charge < -0.3 is 10.6 Å². The molecule has 0 aromatic heterocycles. The zero-order valence-electron chi connectivity index (χ0n) is 21.0. The molecule has 0 saturated heterocycles. The summed E-state index contributed by atoms with van der Waals surface area (Å²) in [4.78, 5) is 11.2. The number of hydrogen-bond donors (Lipinski definition) is 2. The number of unbranched alkanes of at least 4 members (excludes halogenated alkanes) is 12. The first-order valence-corrected chi connectivity index (χ1v) is 13.3. The van der Waals surface area contributed by atoms with Gasteiger partial charge in [-0.15, -0.1) is 0 Å². The Labute approximate surface area is 193 Å². The molecule has 180 valence electrons. The third-order valence-electron chi connectivity index (χ3n) is 6.74. The van der Waals surface area contributed by atoms with Crippen molar-refractivity contribution in [1.82, 2.24) is 10.6 Å². The second-order valence-electron chi connectivity index (χ2n) is 9.35.